The molecular formula is C12H15F3N2O2S. The van der Waals surface area contributed by atoms with E-state index in [1.54, 1.807) is 0 Å². The van der Waals surface area contributed by atoms with Crippen LogP contribution in [-0.4, -0.2) is 30.3 Å². The predicted octanol–water partition coefficient (Wildman–Crippen LogP) is 2.60. The van der Waals surface area contributed by atoms with Gasteiger partial charge < -0.3 is 15.8 Å². The molecule has 0 bridgehead atoms. The van der Waals surface area contributed by atoms with E-state index in [-0.39, 0.29) is 5.69 Å². The summed E-state index contributed by atoms with van der Waals surface area (Å²) < 4.78 is 40.5. The number of rotatable bonds is 6. The summed E-state index contributed by atoms with van der Waals surface area (Å²) in [6.07, 6.45) is -2.51. The van der Waals surface area contributed by atoms with Crippen molar-refractivity contribution in [3.63, 3.8) is 0 Å². The molecule has 3 N–H and O–H groups in total. The molecular weight excluding hydrogens is 293 g/mol. The molecule has 4 nitrogen and oxygen atoms in total. The maximum absolute atomic E-state index is 12.2. The maximum atomic E-state index is 12.2. The van der Waals surface area contributed by atoms with Crippen LogP contribution in [-0.2, 0) is 4.79 Å². The Kier molecular flexibility index (Phi) is 6.15. The molecule has 0 aromatic heterocycles. The fourth-order valence-corrected chi connectivity index (χ4v) is 1.87. The van der Waals surface area contributed by atoms with E-state index in [4.69, 9.17) is 5.73 Å². The molecule has 0 aliphatic rings. The highest BCUT2D eigenvalue weighted by Gasteiger charge is 2.32. The van der Waals surface area contributed by atoms with Crippen molar-refractivity contribution in [2.45, 2.75) is 18.8 Å². The lowest BCUT2D eigenvalue weighted by Crippen LogP contribution is -2.36. The number of anilines is 1. The highest BCUT2D eigenvalue weighted by atomic mass is 32.2. The lowest BCUT2D eigenvalue weighted by atomic mass is 10.2. The topological polar surface area (TPSA) is 64.4 Å². The molecule has 0 aliphatic heterocycles. The van der Waals surface area contributed by atoms with E-state index in [0.29, 0.717) is 12.2 Å². The molecule has 1 aromatic rings. The van der Waals surface area contributed by atoms with Crippen LogP contribution >= 0.6 is 11.8 Å². The number of carbonyl (C=O) groups excluding carboxylic acids is 1. The van der Waals surface area contributed by atoms with Crippen LogP contribution in [0.3, 0.4) is 0 Å². The molecule has 0 aliphatic carbocycles. The summed E-state index contributed by atoms with van der Waals surface area (Å²) in [5.74, 6) is -0.322. The SMILES string of the molecule is CSCC[C@@H](N)C(=O)Nc1ccccc1OC(F)(F)F. The normalized spacial score (nSPS) is 12.8. The van der Waals surface area contributed by atoms with Crippen LogP contribution in [0.1, 0.15) is 6.42 Å². The number of hydrogen-bond acceptors (Lipinski definition) is 4. The van der Waals surface area contributed by atoms with Gasteiger partial charge in [0.15, 0.2) is 5.75 Å². The Hall–Kier alpha value is -1.41. The van der Waals surface area contributed by atoms with Gasteiger partial charge in [0.2, 0.25) is 5.91 Å². The quantitative estimate of drug-likeness (QED) is 0.848. The van der Waals surface area contributed by atoms with E-state index in [0.717, 1.165) is 6.07 Å². The smallest absolute Gasteiger partial charge is 0.404 e. The Morgan fingerprint density at radius 1 is 1.45 bits per heavy atom. The molecule has 0 heterocycles. The zero-order chi connectivity index (χ0) is 15.2. The van der Waals surface area contributed by atoms with Gasteiger partial charge in [0.1, 0.15) is 0 Å². The first-order valence-electron chi connectivity index (χ1n) is 5.73. The van der Waals surface area contributed by atoms with Gasteiger partial charge in [-0.2, -0.15) is 11.8 Å². The standard InChI is InChI=1S/C12H15F3N2O2S/c1-20-7-6-8(16)11(18)17-9-4-2-3-5-10(9)19-12(13,14)15/h2-5,8H,6-7,16H2,1H3,(H,17,18)/t8-/m1/s1. The van der Waals surface area contributed by atoms with Crippen LogP contribution in [0.25, 0.3) is 0 Å². The van der Waals surface area contributed by atoms with Crippen molar-refractivity contribution in [3.8, 4) is 5.75 Å². The molecule has 0 spiro atoms. The number of hydrogen-bond donors (Lipinski definition) is 2. The van der Waals surface area contributed by atoms with Crippen molar-refractivity contribution in [2.75, 3.05) is 17.3 Å². The molecule has 1 atom stereocenters. The Labute approximate surface area is 118 Å². The van der Waals surface area contributed by atoms with Gasteiger partial charge in [-0.3, -0.25) is 4.79 Å². The molecule has 1 amide bonds. The number of nitrogens with one attached hydrogen (secondary N) is 1. The summed E-state index contributed by atoms with van der Waals surface area (Å²) >= 11 is 1.53. The van der Waals surface area contributed by atoms with Crippen LogP contribution in [0.5, 0.6) is 5.75 Å². The van der Waals surface area contributed by atoms with E-state index in [1.807, 2.05) is 6.26 Å². The number of carbonyl (C=O) groups is 1. The minimum atomic E-state index is -4.82. The van der Waals surface area contributed by atoms with Gasteiger partial charge in [0.25, 0.3) is 0 Å². The number of para-hydroxylation sites is 2. The first-order valence-corrected chi connectivity index (χ1v) is 7.13. The third-order valence-corrected chi connectivity index (χ3v) is 2.98. The van der Waals surface area contributed by atoms with E-state index < -0.39 is 24.1 Å². The van der Waals surface area contributed by atoms with Gasteiger partial charge in [-0.05, 0) is 30.6 Å². The zero-order valence-electron chi connectivity index (χ0n) is 10.7. The average molecular weight is 308 g/mol. The number of benzene rings is 1. The van der Waals surface area contributed by atoms with Gasteiger partial charge in [-0.15, -0.1) is 13.2 Å². The van der Waals surface area contributed by atoms with Crippen LogP contribution in [0, 0.1) is 0 Å². The fraction of sp³-hybridized carbons (Fsp3) is 0.417. The van der Waals surface area contributed by atoms with Crippen molar-refractivity contribution >= 4 is 23.4 Å². The molecule has 0 saturated heterocycles. The molecule has 1 rings (SSSR count). The number of thioether (sulfide) groups is 1. The Bertz CT molecular complexity index is 455. The van der Waals surface area contributed by atoms with E-state index >= 15 is 0 Å². The largest absolute Gasteiger partial charge is 0.573 e. The van der Waals surface area contributed by atoms with Gasteiger partial charge in [0.05, 0.1) is 11.7 Å². The fourth-order valence-electron chi connectivity index (χ4n) is 1.38. The highest BCUT2D eigenvalue weighted by molar-refractivity contribution is 7.98. The molecule has 112 valence electrons. The van der Waals surface area contributed by atoms with Crippen LogP contribution in [0.4, 0.5) is 18.9 Å². The molecule has 8 heteroatoms. The second-order valence-electron chi connectivity index (χ2n) is 3.92. The zero-order valence-corrected chi connectivity index (χ0v) is 11.6. The molecule has 0 radical (unpaired) electrons. The van der Waals surface area contributed by atoms with E-state index in [1.165, 1.54) is 30.0 Å². The van der Waals surface area contributed by atoms with Crippen LogP contribution < -0.4 is 15.8 Å². The van der Waals surface area contributed by atoms with Gasteiger partial charge in [0, 0.05) is 0 Å². The van der Waals surface area contributed by atoms with Crippen LogP contribution in [0.2, 0.25) is 0 Å². The van der Waals surface area contributed by atoms with Crippen LogP contribution in [0.15, 0.2) is 24.3 Å². The van der Waals surface area contributed by atoms with Crippen molar-refractivity contribution in [1.29, 1.82) is 0 Å². The second-order valence-corrected chi connectivity index (χ2v) is 4.91. The molecule has 20 heavy (non-hydrogen) atoms. The third-order valence-electron chi connectivity index (χ3n) is 2.34. The second kappa shape index (κ2) is 7.39. The van der Waals surface area contributed by atoms with Gasteiger partial charge in [-0.25, -0.2) is 0 Å². The first-order chi connectivity index (χ1) is 9.33. The molecule has 1 aromatic carbocycles. The van der Waals surface area contributed by atoms with Crippen molar-refractivity contribution < 1.29 is 22.7 Å². The Morgan fingerprint density at radius 2 is 2.10 bits per heavy atom. The Balaban J connectivity index is 2.74. The monoisotopic (exact) mass is 308 g/mol. The lowest BCUT2D eigenvalue weighted by molar-refractivity contribution is -0.274. The Morgan fingerprint density at radius 3 is 2.70 bits per heavy atom. The third kappa shape index (κ3) is 5.70. The number of ether oxygens (including phenoxy) is 1. The van der Waals surface area contributed by atoms with Gasteiger partial charge in [-0.1, -0.05) is 12.1 Å². The van der Waals surface area contributed by atoms with Crippen molar-refractivity contribution in [2.24, 2.45) is 5.73 Å². The average Bonchev–Trinajstić information content (AvgIpc) is 2.36. The van der Waals surface area contributed by atoms with Crippen molar-refractivity contribution in [3.05, 3.63) is 24.3 Å². The number of nitrogens with two attached hydrogens (primary N) is 1. The summed E-state index contributed by atoms with van der Waals surface area (Å²) in [7, 11) is 0. The first kappa shape index (κ1) is 16.6. The molecule has 0 saturated carbocycles. The predicted molar refractivity (Wildman–Crippen MR) is 72.7 cm³/mol. The minimum absolute atomic E-state index is 0.0607. The van der Waals surface area contributed by atoms with E-state index in [2.05, 4.69) is 10.1 Å². The summed E-state index contributed by atoms with van der Waals surface area (Å²) in [5, 5.41) is 2.34. The lowest BCUT2D eigenvalue weighted by Gasteiger charge is -2.16. The van der Waals surface area contributed by atoms with Gasteiger partial charge >= 0.3 is 6.36 Å². The number of amides is 1. The number of alkyl halides is 3. The highest BCUT2D eigenvalue weighted by Crippen LogP contribution is 2.29. The summed E-state index contributed by atoms with van der Waals surface area (Å²) in [4.78, 5) is 11.8. The van der Waals surface area contributed by atoms with Crippen molar-refractivity contribution in [1.82, 2.24) is 0 Å². The maximum Gasteiger partial charge on any atom is 0.573 e. The minimum Gasteiger partial charge on any atom is -0.404 e. The molecule has 0 fully saturated rings. The number of halogens is 3. The summed E-state index contributed by atoms with van der Waals surface area (Å²) in [6, 6.07) is 4.54. The van der Waals surface area contributed by atoms with E-state index in [9.17, 15) is 18.0 Å². The summed E-state index contributed by atoms with van der Waals surface area (Å²) in [6.45, 7) is 0. The molecule has 0 unspecified atom stereocenters. The summed E-state index contributed by atoms with van der Waals surface area (Å²) in [5.41, 5.74) is 5.58.